The highest BCUT2D eigenvalue weighted by molar-refractivity contribution is 6.09. The van der Waals surface area contributed by atoms with Gasteiger partial charge >= 0.3 is 0 Å². The number of oxime groups is 1. The first-order valence-corrected chi connectivity index (χ1v) is 3.41. The molecule has 4 nitrogen and oxygen atoms in total. The van der Waals surface area contributed by atoms with Gasteiger partial charge in [-0.2, -0.15) is 5.26 Å². The summed E-state index contributed by atoms with van der Waals surface area (Å²) in [6.45, 7) is 8.88. The minimum absolute atomic E-state index is 0.0764. The maximum Gasteiger partial charge on any atom is 0.220 e. The van der Waals surface area contributed by atoms with Gasteiger partial charge in [0.05, 0.1) is 0 Å². The van der Waals surface area contributed by atoms with Crippen LogP contribution in [-0.4, -0.2) is 16.5 Å². The van der Waals surface area contributed by atoms with E-state index in [9.17, 15) is 0 Å². The molecule has 0 aliphatic carbocycles. The summed E-state index contributed by atoms with van der Waals surface area (Å²) in [7, 11) is 0. The van der Waals surface area contributed by atoms with E-state index in [0.29, 0.717) is 0 Å². The van der Waals surface area contributed by atoms with Gasteiger partial charge in [-0.25, -0.2) is 0 Å². The van der Waals surface area contributed by atoms with E-state index in [1.165, 1.54) is 0 Å². The van der Waals surface area contributed by atoms with Crippen molar-refractivity contribution >= 4 is 5.71 Å². The molecule has 0 aromatic carbocycles. The van der Waals surface area contributed by atoms with E-state index in [1.807, 2.05) is 20.8 Å². The predicted octanol–water partition coefficient (Wildman–Crippen LogP) is 1.67. The molecule has 0 saturated heterocycles. The Kier molecular flexibility index (Phi) is 3.30. The zero-order valence-electron chi connectivity index (χ0n) is 7.46. The summed E-state index contributed by atoms with van der Waals surface area (Å²) in [5.41, 5.74) is -0.644. The topological polar surface area (TPSA) is 65.6 Å². The normalized spacial score (nSPS) is 12.0. The number of ether oxygens (including phenoxy) is 1. The van der Waals surface area contributed by atoms with Gasteiger partial charge in [-0.05, 0) is 20.8 Å². The van der Waals surface area contributed by atoms with E-state index in [1.54, 1.807) is 6.07 Å². The number of rotatable bonds is 2. The number of allylic oxidation sites excluding steroid dienone is 1. The summed E-state index contributed by atoms with van der Waals surface area (Å²) in [6, 6.07) is 1.65. The van der Waals surface area contributed by atoms with Gasteiger partial charge in [0.25, 0.3) is 0 Å². The van der Waals surface area contributed by atoms with Crippen molar-refractivity contribution in [1.82, 2.24) is 0 Å². The van der Waals surface area contributed by atoms with E-state index < -0.39 is 5.60 Å². The molecule has 0 bridgehead atoms. The molecular formula is C8H12N2O2. The van der Waals surface area contributed by atoms with Crippen LogP contribution in [0.5, 0.6) is 0 Å². The molecule has 0 aromatic heterocycles. The van der Waals surface area contributed by atoms with Crippen LogP contribution in [-0.2, 0) is 4.74 Å². The van der Waals surface area contributed by atoms with Crippen molar-refractivity contribution < 1.29 is 9.94 Å². The Morgan fingerprint density at radius 3 is 2.33 bits per heavy atom. The molecule has 0 heterocycles. The first-order chi connectivity index (χ1) is 5.40. The molecule has 66 valence electrons. The van der Waals surface area contributed by atoms with Gasteiger partial charge in [0.2, 0.25) is 5.71 Å². The van der Waals surface area contributed by atoms with Crippen molar-refractivity contribution in [3.63, 3.8) is 0 Å². The van der Waals surface area contributed by atoms with Gasteiger partial charge in [-0.15, -0.1) is 0 Å². The SMILES string of the molecule is C=C(OC(C)(C)C)/C(C#N)=N/O. The lowest BCUT2D eigenvalue weighted by Crippen LogP contribution is -2.21. The van der Waals surface area contributed by atoms with Gasteiger partial charge in [-0.3, -0.25) is 0 Å². The third-order valence-corrected chi connectivity index (χ3v) is 0.899. The third kappa shape index (κ3) is 3.62. The average Bonchev–Trinajstić information content (AvgIpc) is 1.85. The van der Waals surface area contributed by atoms with Crippen LogP contribution in [0.4, 0.5) is 0 Å². The largest absolute Gasteiger partial charge is 0.486 e. The average molecular weight is 168 g/mol. The van der Waals surface area contributed by atoms with Gasteiger partial charge in [0.15, 0.2) is 5.76 Å². The highest BCUT2D eigenvalue weighted by atomic mass is 16.5. The first-order valence-electron chi connectivity index (χ1n) is 3.41. The zero-order chi connectivity index (χ0) is 9.78. The molecule has 0 amide bonds. The van der Waals surface area contributed by atoms with Crippen molar-refractivity contribution in [3.8, 4) is 6.07 Å². The molecule has 0 atom stereocenters. The minimum Gasteiger partial charge on any atom is -0.486 e. The third-order valence-electron chi connectivity index (χ3n) is 0.899. The van der Waals surface area contributed by atoms with E-state index in [-0.39, 0.29) is 11.5 Å². The van der Waals surface area contributed by atoms with Gasteiger partial charge in [0, 0.05) is 0 Å². The Morgan fingerprint density at radius 2 is 2.08 bits per heavy atom. The molecule has 12 heavy (non-hydrogen) atoms. The molecule has 0 radical (unpaired) electrons. The summed E-state index contributed by atoms with van der Waals surface area (Å²) in [6.07, 6.45) is 0. The van der Waals surface area contributed by atoms with Crippen molar-refractivity contribution in [2.75, 3.05) is 0 Å². The molecule has 0 aliphatic heterocycles. The van der Waals surface area contributed by atoms with Crippen LogP contribution < -0.4 is 0 Å². The van der Waals surface area contributed by atoms with E-state index in [0.717, 1.165) is 0 Å². The second-order valence-corrected chi connectivity index (χ2v) is 3.20. The van der Waals surface area contributed by atoms with E-state index >= 15 is 0 Å². The van der Waals surface area contributed by atoms with Gasteiger partial charge < -0.3 is 9.94 Å². The zero-order valence-corrected chi connectivity index (χ0v) is 7.46. The molecule has 0 spiro atoms. The number of hydrogen-bond donors (Lipinski definition) is 1. The fraction of sp³-hybridized carbons (Fsp3) is 0.500. The molecule has 0 rings (SSSR count). The molecular weight excluding hydrogens is 156 g/mol. The van der Waals surface area contributed by atoms with E-state index in [4.69, 9.17) is 15.2 Å². The molecule has 0 unspecified atom stereocenters. The van der Waals surface area contributed by atoms with E-state index in [2.05, 4.69) is 11.7 Å². The van der Waals surface area contributed by atoms with Gasteiger partial charge in [-0.1, -0.05) is 11.7 Å². The highest BCUT2D eigenvalue weighted by Gasteiger charge is 2.15. The first kappa shape index (κ1) is 10.5. The Bertz CT molecular complexity index is 243. The number of hydrogen-bond acceptors (Lipinski definition) is 4. The van der Waals surface area contributed by atoms with Crippen LogP contribution in [0.25, 0.3) is 0 Å². The fourth-order valence-corrected chi connectivity index (χ4v) is 0.558. The Morgan fingerprint density at radius 1 is 1.58 bits per heavy atom. The quantitative estimate of drug-likeness (QED) is 0.295. The van der Waals surface area contributed by atoms with Crippen molar-refractivity contribution in [1.29, 1.82) is 5.26 Å². The van der Waals surface area contributed by atoms with Crippen molar-refractivity contribution in [2.24, 2.45) is 5.16 Å². The lowest BCUT2D eigenvalue weighted by Gasteiger charge is -2.21. The van der Waals surface area contributed by atoms with Crippen LogP contribution >= 0.6 is 0 Å². The summed E-state index contributed by atoms with van der Waals surface area (Å²) in [5.74, 6) is 0.0764. The van der Waals surface area contributed by atoms with Crippen LogP contribution in [0, 0.1) is 11.3 Å². The van der Waals surface area contributed by atoms with Crippen LogP contribution in [0.15, 0.2) is 17.5 Å². The summed E-state index contributed by atoms with van der Waals surface area (Å²) in [5, 5.41) is 19.5. The van der Waals surface area contributed by atoms with Crippen LogP contribution in [0.3, 0.4) is 0 Å². The lowest BCUT2D eigenvalue weighted by atomic mass is 10.2. The second kappa shape index (κ2) is 3.77. The summed E-state index contributed by atoms with van der Waals surface area (Å²) in [4.78, 5) is 0. The molecule has 0 fully saturated rings. The van der Waals surface area contributed by atoms with Gasteiger partial charge in [0.1, 0.15) is 11.7 Å². The second-order valence-electron chi connectivity index (χ2n) is 3.20. The summed E-state index contributed by atoms with van der Waals surface area (Å²) >= 11 is 0. The Balaban J connectivity index is 4.36. The standard InChI is InChI=1S/C8H12N2O2/c1-6(7(5-9)10-11)12-8(2,3)4/h11H,1H2,2-4H3/b10-7+. The van der Waals surface area contributed by atoms with Crippen molar-refractivity contribution in [2.45, 2.75) is 26.4 Å². The summed E-state index contributed by atoms with van der Waals surface area (Å²) < 4.78 is 5.17. The lowest BCUT2D eigenvalue weighted by molar-refractivity contribution is 0.0647. The van der Waals surface area contributed by atoms with Crippen LogP contribution in [0.2, 0.25) is 0 Å². The van der Waals surface area contributed by atoms with Crippen molar-refractivity contribution in [3.05, 3.63) is 12.3 Å². The molecule has 0 aliphatic rings. The molecule has 1 N–H and O–H groups in total. The maximum atomic E-state index is 8.41. The Hall–Kier alpha value is -1.50. The fourth-order valence-electron chi connectivity index (χ4n) is 0.558. The number of nitrogens with zero attached hydrogens (tertiary/aromatic N) is 2. The predicted molar refractivity (Wildman–Crippen MR) is 44.8 cm³/mol. The molecule has 0 saturated carbocycles. The Labute approximate surface area is 71.8 Å². The van der Waals surface area contributed by atoms with Crippen LogP contribution in [0.1, 0.15) is 20.8 Å². The maximum absolute atomic E-state index is 8.41. The number of nitriles is 1. The monoisotopic (exact) mass is 168 g/mol. The smallest absolute Gasteiger partial charge is 0.220 e. The molecule has 4 heteroatoms. The highest BCUT2D eigenvalue weighted by Crippen LogP contribution is 2.12. The minimum atomic E-state index is -0.441. The molecule has 0 aromatic rings.